The highest BCUT2D eigenvalue weighted by atomic mass is 32.2. The molecule has 0 amide bonds. The smallest absolute Gasteiger partial charge is 0.258 e. The fourth-order valence-corrected chi connectivity index (χ4v) is 3.88. The van der Waals surface area contributed by atoms with Crippen LogP contribution in [0, 0.1) is 10.1 Å². The van der Waals surface area contributed by atoms with Gasteiger partial charge >= 0.3 is 10.0 Å². The van der Waals surface area contributed by atoms with Gasteiger partial charge in [0.1, 0.15) is 11.4 Å². The van der Waals surface area contributed by atoms with E-state index in [1.165, 1.54) is 28.6 Å². The summed E-state index contributed by atoms with van der Waals surface area (Å²) in [6.07, 6.45) is 1.64. The molecular formula is C18H16N3O4S+. The Balaban J connectivity index is 2.03. The summed E-state index contributed by atoms with van der Waals surface area (Å²) in [5.41, 5.74) is 0.653. The van der Waals surface area contributed by atoms with Gasteiger partial charge < -0.3 is 0 Å². The first-order valence-electron chi connectivity index (χ1n) is 7.76. The SMILES string of the molecule is O=[N+]([O-])c1ccc(S(=O)(=O)N(Cc2ccccc2)c2cccc[nH+]2)cc1. The molecule has 3 aromatic rings. The summed E-state index contributed by atoms with van der Waals surface area (Å²) in [6, 6.07) is 19.2. The first-order chi connectivity index (χ1) is 12.5. The fourth-order valence-electron chi connectivity index (χ4n) is 2.45. The fraction of sp³-hybridized carbons (Fsp3) is 0.0556. The van der Waals surface area contributed by atoms with Gasteiger partial charge in [-0.15, -0.1) is 4.31 Å². The molecule has 3 rings (SSSR count). The minimum absolute atomic E-state index is 0.0173. The zero-order valence-electron chi connectivity index (χ0n) is 13.6. The molecule has 8 heteroatoms. The van der Waals surface area contributed by atoms with Crippen LogP contribution in [-0.2, 0) is 16.6 Å². The van der Waals surface area contributed by atoms with Crippen LogP contribution in [0.3, 0.4) is 0 Å². The standard InChI is InChI=1S/C18H15N3O4S/c22-21(23)16-9-11-17(12-10-16)26(24,25)20(18-8-4-5-13-19-18)14-15-6-2-1-3-7-15/h1-13H,14H2/p+1. The number of nitro benzene ring substituents is 1. The van der Waals surface area contributed by atoms with Crippen LogP contribution in [0.15, 0.2) is 83.9 Å². The molecule has 0 aliphatic rings. The molecule has 1 N–H and O–H groups in total. The molecule has 0 aliphatic carbocycles. The Morgan fingerprint density at radius 1 is 0.923 bits per heavy atom. The zero-order chi connectivity index (χ0) is 18.6. The number of anilines is 1. The van der Waals surface area contributed by atoms with Crippen molar-refractivity contribution in [1.82, 2.24) is 0 Å². The van der Waals surface area contributed by atoms with Crippen molar-refractivity contribution in [1.29, 1.82) is 0 Å². The van der Waals surface area contributed by atoms with Crippen molar-refractivity contribution >= 4 is 21.5 Å². The number of hydrogen-bond acceptors (Lipinski definition) is 4. The summed E-state index contributed by atoms with van der Waals surface area (Å²) in [6.45, 7) is 0.126. The first-order valence-corrected chi connectivity index (χ1v) is 9.20. The number of rotatable bonds is 6. The van der Waals surface area contributed by atoms with Gasteiger partial charge in [0.25, 0.3) is 11.5 Å². The third kappa shape index (κ3) is 3.70. The molecule has 0 saturated carbocycles. The molecule has 0 bridgehead atoms. The van der Waals surface area contributed by atoms with E-state index in [9.17, 15) is 18.5 Å². The van der Waals surface area contributed by atoms with Gasteiger partial charge in [-0.05, 0) is 23.8 Å². The predicted octanol–water partition coefficient (Wildman–Crippen LogP) is 2.80. The third-order valence-electron chi connectivity index (χ3n) is 3.77. The highest BCUT2D eigenvalue weighted by Crippen LogP contribution is 2.24. The molecule has 0 radical (unpaired) electrons. The Bertz CT molecular complexity index is 992. The van der Waals surface area contributed by atoms with Gasteiger partial charge in [0.05, 0.1) is 11.1 Å². The summed E-state index contributed by atoms with van der Waals surface area (Å²) in [7, 11) is -3.92. The van der Waals surface area contributed by atoms with Crippen LogP contribution < -0.4 is 9.29 Å². The number of aromatic nitrogens is 1. The average Bonchev–Trinajstić information content (AvgIpc) is 2.67. The van der Waals surface area contributed by atoms with Gasteiger partial charge in [0.2, 0.25) is 0 Å². The molecule has 0 aliphatic heterocycles. The van der Waals surface area contributed by atoms with Gasteiger partial charge in [-0.2, -0.15) is 8.42 Å². The lowest BCUT2D eigenvalue weighted by Gasteiger charge is -2.16. The average molecular weight is 370 g/mol. The summed E-state index contributed by atoms with van der Waals surface area (Å²) in [5, 5.41) is 10.8. The van der Waals surface area contributed by atoms with Crippen molar-refractivity contribution < 1.29 is 18.3 Å². The van der Waals surface area contributed by atoms with Crippen LogP contribution in [0.2, 0.25) is 0 Å². The Kier molecular flexibility index (Phi) is 4.94. The number of nitrogens with zero attached hydrogens (tertiary/aromatic N) is 2. The van der Waals surface area contributed by atoms with Crippen molar-refractivity contribution in [2.45, 2.75) is 11.4 Å². The van der Waals surface area contributed by atoms with E-state index >= 15 is 0 Å². The number of nitro groups is 1. The second-order valence-electron chi connectivity index (χ2n) is 5.50. The Morgan fingerprint density at radius 2 is 1.58 bits per heavy atom. The van der Waals surface area contributed by atoms with E-state index in [4.69, 9.17) is 0 Å². The zero-order valence-corrected chi connectivity index (χ0v) is 14.5. The maximum Gasteiger partial charge on any atom is 0.331 e. The Morgan fingerprint density at radius 3 is 2.15 bits per heavy atom. The van der Waals surface area contributed by atoms with Crippen LogP contribution >= 0.6 is 0 Å². The summed E-state index contributed by atoms with van der Waals surface area (Å²) < 4.78 is 27.5. The maximum absolute atomic E-state index is 13.2. The molecule has 2 aromatic carbocycles. The Labute approximate surface area is 150 Å². The summed E-state index contributed by atoms with van der Waals surface area (Å²) >= 11 is 0. The quantitative estimate of drug-likeness (QED) is 0.492. The number of H-pyrrole nitrogens is 1. The second kappa shape index (κ2) is 7.32. The van der Waals surface area contributed by atoms with E-state index in [2.05, 4.69) is 4.98 Å². The van der Waals surface area contributed by atoms with E-state index in [0.29, 0.717) is 5.82 Å². The molecule has 1 aromatic heterocycles. The van der Waals surface area contributed by atoms with E-state index in [0.717, 1.165) is 5.56 Å². The van der Waals surface area contributed by atoms with Crippen molar-refractivity contribution in [2.24, 2.45) is 0 Å². The highest BCUT2D eigenvalue weighted by molar-refractivity contribution is 7.92. The minimum atomic E-state index is -3.92. The lowest BCUT2D eigenvalue weighted by atomic mass is 10.2. The molecule has 0 unspecified atom stereocenters. The van der Waals surface area contributed by atoms with Crippen LogP contribution in [0.4, 0.5) is 11.5 Å². The van der Waals surface area contributed by atoms with Crippen molar-refractivity contribution in [3.63, 3.8) is 0 Å². The van der Waals surface area contributed by atoms with Crippen LogP contribution in [0.5, 0.6) is 0 Å². The second-order valence-corrected chi connectivity index (χ2v) is 7.36. The number of non-ortho nitro benzene ring substituents is 1. The van der Waals surface area contributed by atoms with E-state index in [1.54, 1.807) is 24.4 Å². The summed E-state index contributed by atoms with van der Waals surface area (Å²) in [4.78, 5) is 13.1. The van der Waals surface area contributed by atoms with Crippen LogP contribution in [0.25, 0.3) is 0 Å². The number of hydrogen-bond donors (Lipinski definition) is 0. The maximum atomic E-state index is 13.2. The number of benzene rings is 2. The molecule has 0 atom stereocenters. The normalized spacial score (nSPS) is 11.1. The van der Waals surface area contributed by atoms with Gasteiger partial charge in [-0.3, -0.25) is 10.1 Å². The number of sulfonamides is 1. The lowest BCUT2D eigenvalue weighted by Crippen LogP contribution is -2.34. The minimum Gasteiger partial charge on any atom is -0.258 e. The predicted molar refractivity (Wildman–Crippen MR) is 95.9 cm³/mol. The third-order valence-corrected chi connectivity index (χ3v) is 5.54. The van der Waals surface area contributed by atoms with Gasteiger partial charge in [0, 0.05) is 18.2 Å². The lowest BCUT2D eigenvalue weighted by molar-refractivity contribution is -0.384. The molecule has 0 fully saturated rings. The molecule has 1 heterocycles. The van der Waals surface area contributed by atoms with Gasteiger partial charge in [-0.1, -0.05) is 36.4 Å². The number of pyridine rings is 1. The monoisotopic (exact) mass is 370 g/mol. The van der Waals surface area contributed by atoms with Crippen molar-refractivity contribution in [2.75, 3.05) is 4.31 Å². The van der Waals surface area contributed by atoms with Crippen LogP contribution in [-0.4, -0.2) is 13.3 Å². The molecule has 132 valence electrons. The van der Waals surface area contributed by atoms with E-state index in [1.807, 2.05) is 30.3 Å². The molecule has 0 saturated heterocycles. The molecule has 26 heavy (non-hydrogen) atoms. The highest BCUT2D eigenvalue weighted by Gasteiger charge is 2.33. The van der Waals surface area contributed by atoms with Crippen molar-refractivity contribution in [3.05, 3.63) is 94.7 Å². The summed E-state index contributed by atoms with van der Waals surface area (Å²) in [5.74, 6) is 0.398. The number of nitrogens with one attached hydrogen (secondary N) is 1. The van der Waals surface area contributed by atoms with Crippen molar-refractivity contribution in [3.8, 4) is 0 Å². The van der Waals surface area contributed by atoms with E-state index < -0.39 is 14.9 Å². The Hall–Kier alpha value is -3.26. The molecule has 0 spiro atoms. The number of aromatic amines is 1. The van der Waals surface area contributed by atoms with Crippen LogP contribution in [0.1, 0.15) is 5.56 Å². The van der Waals surface area contributed by atoms with Gasteiger partial charge in [-0.25, -0.2) is 4.98 Å². The largest absolute Gasteiger partial charge is 0.331 e. The first kappa shape index (κ1) is 17.6. The van der Waals surface area contributed by atoms with Gasteiger partial charge in [0.15, 0.2) is 0 Å². The molecular weight excluding hydrogens is 354 g/mol. The molecule has 7 nitrogen and oxygen atoms in total. The topological polar surface area (TPSA) is 94.7 Å². The van der Waals surface area contributed by atoms with E-state index in [-0.39, 0.29) is 17.1 Å².